The number of hydrogen-bond acceptors (Lipinski definition) is 4. The maximum atomic E-state index is 12.3. The van der Waals surface area contributed by atoms with Crippen LogP contribution in [0.15, 0.2) is 29.4 Å². The van der Waals surface area contributed by atoms with Gasteiger partial charge in [-0.2, -0.15) is 0 Å². The number of carbonyl (C=O) groups is 1. The molecule has 0 aliphatic carbocycles. The first-order valence-electron chi connectivity index (χ1n) is 9.25. The molecule has 1 amide bonds. The zero-order valence-corrected chi connectivity index (χ0v) is 16.7. The third kappa shape index (κ3) is 9.25. The second kappa shape index (κ2) is 11.3. The van der Waals surface area contributed by atoms with Gasteiger partial charge in [-0.1, -0.05) is 13.0 Å². The van der Waals surface area contributed by atoms with Crippen LogP contribution in [0.3, 0.4) is 0 Å². The molecule has 0 saturated carbocycles. The number of aliphatic imine (C=N–C) groups is 1. The fourth-order valence-electron chi connectivity index (χ4n) is 2.19. The molecule has 0 bridgehead atoms. The van der Waals surface area contributed by atoms with E-state index in [-0.39, 0.29) is 6.09 Å². The molecule has 0 saturated heterocycles. The van der Waals surface area contributed by atoms with Crippen LogP contribution >= 0.6 is 0 Å². The molecule has 0 aliphatic heterocycles. The van der Waals surface area contributed by atoms with E-state index in [4.69, 9.17) is 4.74 Å². The lowest BCUT2D eigenvalue weighted by atomic mass is 10.2. The Hall–Kier alpha value is -2.31. The van der Waals surface area contributed by atoms with Crippen molar-refractivity contribution in [2.45, 2.75) is 53.2 Å². The minimum Gasteiger partial charge on any atom is -0.444 e. The minimum absolute atomic E-state index is 0.281. The number of pyridine rings is 1. The van der Waals surface area contributed by atoms with E-state index < -0.39 is 5.60 Å². The van der Waals surface area contributed by atoms with E-state index in [1.54, 1.807) is 11.1 Å². The number of amides is 1. The first-order chi connectivity index (χ1) is 12.4. The molecule has 7 heteroatoms. The number of nitrogens with zero attached hydrogens (tertiary/aromatic N) is 3. The Labute approximate surface area is 157 Å². The van der Waals surface area contributed by atoms with Gasteiger partial charge < -0.3 is 20.3 Å². The lowest BCUT2D eigenvalue weighted by molar-refractivity contribution is 0.0253. The molecule has 0 unspecified atom stereocenters. The smallest absolute Gasteiger partial charge is 0.410 e. The molecule has 26 heavy (non-hydrogen) atoms. The van der Waals surface area contributed by atoms with Gasteiger partial charge in [0, 0.05) is 32.4 Å². The maximum Gasteiger partial charge on any atom is 0.410 e. The highest BCUT2D eigenvalue weighted by atomic mass is 16.6. The predicted octanol–water partition coefficient (Wildman–Crippen LogP) is 2.78. The van der Waals surface area contributed by atoms with E-state index >= 15 is 0 Å². The van der Waals surface area contributed by atoms with Crippen molar-refractivity contribution in [3.8, 4) is 0 Å². The average Bonchev–Trinajstić information content (AvgIpc) is 2.58. The highest BCUT2D eigenvalue weighted by Crippen LogP contribution is 2.10. The van der Waals surface area contributed by atoms with Crippen molar-refractivity contribution in [2.75, 3.05) is 26.2 Å². The normalized spacial score (nSPS) is 11.8. The summed E-state index contributed by atoms with van der Waals surface area (Å²) in [5.74, 6) is 0.707. The molecular weight excluding hydrogens is 330 g/mol. The van der Waals surface area contributed by atoms with E-state index in [2.05, 4.69) is 20.6 Å². The second-order valence-corrected chi connectivity index (χ2v) is 6.91. The van der Waals surface area contributed by atoms with Crippen molar-refractivity contribution < 1.29 is 9.53 Å². The Kier molecular flexibility index (Phi) is 9.47. The van der Waals surface area contributed by atoms with Crippen LogP contribution in [0, 0.1) is 0 Å². The summed E-state index contributed by atoms with van der Waals surface area (Å²) in [5.41, 5.74) is 0.418. The zero-order chi connectivity index (χ0) is 19.4. The second-order valence-electron chi connectivity index (χ2n) is 6.91. The van der Waals surface area contributed by atoms with Gasteiger partial charge >= 0.3 is 6.09 Å². The molecule has 1 rings (SSSR count). The van der Waals surface area contributed by atoms with Gasteiger partial charge in [-0.3, -0.25) is 4.98 Å². The van der Waals surface area contributed by atoms with Crippen LogP contribution in [-0.2, 0) is 11.3 Å². The van der Waals surface area contributed by atoms with Crippen molar-refractivity contribution in [1.82, 2.24) is 20.5 Å². The van der Waals surface area contributed by atoms with Crippen molar-refractivity contribution in [3.05, 3.63) is 30.1 Å². The van der Waals surface area contributed by atoms with Crippen LogP contribution in [-0.4, -0.2) is 53.7 Å². The highest BCUT2D eigenvalue weighted by molar-refractivity contribution is 5.79. The molecule has 0 spiro atoms. The third-order valence-electron chi connectivity index (χ3n) is 3.29. The van der Waals surface area contributed by atoms with E-state index in [0.717, 1.165) is 18.7 Å². The van der Waals surface area contributed by atoms with Gasteiger partial charge in [0.05, 0.1) is 12.2 Å². The van der Waals surface area contributed by atoms with Crippen LogP contribution in [0.25, 0.3) is 0 Å². The summed E-state index contributed by atoms with van der Waals surface area (Å²) in [4.78, 5) is 22.8. The average molecular weight is 364 g/mol. The van der Waals surface area contributed by atoms with Crippen molar-refractivity contribution in [2.24, 2.45) is 4.99 Å². The molecule has 146 valence electrons. The molecule has 1 aromatic heterocycles. The third-order valence-corrected chi connectivity index (χ3v) is 3.29. The van der Waals surface area contributed by atoms with E-state index in [9.17, 15) is 4.79 Å². The van der Waals surface area contributed by atoms with Crippen molar-refractivity contribution >= 4 is 12.1 Å². The van der Waals surface area contributed by atoms with Gasteiger partial charge in [0.25, 0.3) is 0 Å². The minimum atomic E-state index is -0.491. The largest absolute Gasteiger partial charge is 0.444 e. The highest BCUT2D eigenvalue weighted by Gasteiger charge is 2.21. The monoisotopic (exact) mass is 363 g/mol. The predicted molar refractivity (Wildman–Crippen MR) is 105 cm³/mol. The molecule has 0 aromatic carbocycles. The van der Waals surface area contributed by atoms with Crippen LogP contribution in [0.4, 0.5) is 4.79 Å². The summed E-state index contributed by atoms with van der Waals surface area (Å²) in [6.45, 7) is 12.8. The Balaban J connectivity index is 2.56. The first-order valence-corrected chi connectivity index (χ1v) is 9.25. The fourth-order valence-corrected chi connectivity index (χ4v) is 2.19. The maximum absolute atomic E-state index is 12.3. The number of aromatic nitrogens is 1. The lowest BCUT2D eigenvalue weighted by Gasteiger charge is -2.27. The summed E-state index contributed by atoms with van der Waals surface area (Å²) in [5, 5.41) is 6.46. The molecule has 1 heterocycles. The van der Waals surface area contributed by atoms with E-state index in [1.807, 2.05) is 52.8 Å². The van der Waals surface area contributed by atoms with Crippen molar-refractivity contribution in [1.29, 1.82) is 0 Å². The first kappa shape index (κ1) is 21.7. The lowest BCUT2D eigenvalue weighted by Crippen LogP contribution is -2.44. The molecule has 0 atom stereocenters. The van der Waals surface area contributed by atoms with Crippen LogP contribution < -0.4 is 10.6 Å². The number of ether oxygens (including phenoxy) is 1. The Morgan fingerprint density at radius 1 is 1.23 bits per heavy atom. The Bertz CT molecular complexity index is 555. The van der Waals surface area contributed by atoms with Crippen LogP contribution in [0.5, 0.6) is 0 Å². The summed E-state index contributed by atoms with van der Waals surface area (Å²) < 4.78 is 5.47. The topological polar surface area (TPSA) is 78.9 Å². The van der Waals surface area contributed by atoms with Crippen LogP contribution in [0.2, 0.25) is 0 Å². The Morgan fingerprint density at radius 3 is 2.58 bits per heavy atom. The van der Waals surface area contributed by atoms with E-state index in [1.165, 1.54) is 0 Å². The fraction of sp³-hybridized carbons (Fsp3) is 0.632. The molecule has 2 N–H and O–H groups in total. The number of hydrogen-bond donors (Lipinski definition) is 2. The summed E-state index contributed by atoms with van der Waals surface area (Å²) in [6.07, 6.45) is 2.36. The van der Waals surface area contributed by atoms with Gasteiger partial charge in [0.15, 0.2) is 5.96 Å². The summed E-state index contributed by atoms with van der Waals surface area (Å²) >= 11 is 0. The summed E-state index contributed by atoms with van der Waals surface area (Å²) in [7, 11) is 0. The van der Waals surface area contributed by atoms with Gasteiger partial charge in [-0.05, 0) is 46.2 Å². The molecule has 1 aromatic rings. The zero-order valence-electron chi connectivity index (χ0n) is 16.7. The summed E-state index contributed by atoms with van der Waals surface area (Å²) in [6, 6.07) is 5.77. The van der Waals surface area contributed by atoms with Gasteiger partial charge in [0.1, 0.15) is 5.60 Å². The SMILES string of the molecule is CCCN(CCNC(=NCc1ccccn1)NCC)C(=O)OC(C)(C)C. The number of carbonyl (C=O) groups excluding carboxylic acids is 1. The van der Waals surface area contributed by atoms with Gasteiger partial charge in [0.2, 0.25) is 0 Å². The molecule has 0 fully saturated rings. The number of rotatable bonds is 8. The quantitative estimate of drug-likeness (QED) is 0.548. The number of nitrogens with one attached hydrogen (secondary N) is 2. The Morgan fingerprint density at radius 2 is 2.00 bits per heavy atom. The van der Waals surface area contributed by atoms with Crippen LogP contribution in [0.1, 0.15) is 46.7 Å². The van der Waals surface area contributed by atoms with Gasteiger partial charge in [-0.15, -0.1) is 0 Å². The molecule has 7 nitrogen and oxygen atoms in total. The molecule has 0 aliphatic rings. The van der Waals surface area contributed by atoms with Crippen molar-refractivity contribution in [3.63, 3.8) is 0 Å². The number of guanidine groups is 1. The van der Waals surface area contributed by atoms with E-state index in [0.29, 0.717) is 32.1 Å². The van der Waals surface area contributed by atoms with Gasteiger partial charge in [-0.25, -0.2) is 9.79 Å². The molecular formula is C19H33N5O2. The standard InChI is InChI=1S/C19H33N5O2/c1-6-13-24(18(25)26-19(3,4)5)14-12-22-17(20-7-2)23-15-16-10-8-9-11-21-16/h8-11H,6-7,12-15H2,1-5H3,(H2,20,22,23). The molecule has 0 radical (unpaired) electrons.